The Morgan fingerprint density at radius 2 is 1.28 bits per heavy atom. The number of carbonyl (C=O) groups excluding carboxylic acids is 1. The average molecular weight is 241 g/mol. The minimum Gasteiger partial charge on any atom is -0.388 e. The second-order valence-electron chi connectivity index (χ2n) is 3.77. The van der Waals surface area contributed by atoms with E-state index in [2.05, 4.69) is 16.0 Å². The molecule has 0 aromatic heterocycles. The summed E-state index contributed by atoms with van der Waals surface area (Å²) in [5, 5.41) is 8.54. The van der Waals surface area contributed by atoms with Gasteiger partial charge in [-0.3, -0.25) is 0 Å². The van der Waals surface area contributed by atoms with Gasteiger partial charge in [0.1, 0.15) is 0 Å². The lowest BCUT2D eigenvalue weighted by Crippen LogP contribution is -2.19. The molecule has 4 nitrogen and oxygen atoms in total. The molecule has 4 heteroatoms. The minimum absolute atomic E-state index is 0.251. The standard InChI is InChI=1S/C14H15N3O/c1-15-11-7-9-13(10-8-11)17-14(18)16-12-5-3-2-4-6-12/h2-10,15H,1H3,(H2,16,17,18). The number of para-hydroxylation sites is 1. The molecule has 0 atom stereocenters. The molecule has 0 saturated heterocycles. The average Bonchev–Trinajstić information content (AvgIpc) is 2.40. The number of nitrogens with one attached hydrogen (secondary N) is 3. The van der Waals surface area contributed by atoms with Crippen LogP contribution in [0.4, 0.5) is 21.9 Å². The van der Waals surface area contributed by atoms with Crippen molar-refractivity contribution in [3.8, 4) is 0 Å². The molecule has 0 fully saturated rings. The van der Waals surface area contributed by atoms with Gasteiger partial charge in [-0.15, -0.1) is 0 Å². The van der Waals surface area contributed by atoms with E-state index in [4.69, 9.17) is 0 Å². The molecule has 0 bridgehead atoms. The summed E-state index contributed by atoms with van der Waals surface area (Å²) in [4.78, 5) is 11.7. The van der Waals surface area contributed by atoms with Crippen LogP contribution in [-0.2, 0) is 0 Å². The summed E-state index contributed by atoms with van der Waals surface area (Å²) in [5.74, 6) is 0. The molecule has 0 heterocycles. The van der Waals surface area contributed by atoms with Crippen LogP contribution >= 0.6 is 0 Å². The number of rotatable bonds is 3. The maximum atomic E-state index is 11.7. The van der Waals surface area contributed by atoms with Crippen LogP contribution in [0.5, 0.6) is 0 Å². The lowest BCUT2D eigenvalue weighted by molar-refractivity contribution is 0.262. The van der Waals surface area contributed by atoms with Crippen molar-refractivity contribution in [2.75, 3.05) is 23.0 Å². The first-order valence-electron chi connectivity index (χ1n) is 5.69. The summed E-state index contributed by atoms with van der Waals surface area (Å²) in [6.45, 7) is 0. The summed E-state index contributed by atoms with van der Waals surface area (Å²) >= 11 is 0. The Morgan fingerprint density at radius 1 is 0.778 bits per heavy atom. The van der Waals surface area contributed by atoms with Gasteiger partial charge < -0.3 is 16.0 Å². The van der Waals surface area contributed by atoms with Crippen molar-refractivity contribution in [3.63, 3.8) is 0 Å². The molecule has 0 saturated carbocycles. The maximum absolute atomic E-state index is 11.7. The number of hydrogen-bond acceptors (Lipinski definition) is 2. The Bertz CT molecular complexity index is 508. The third-order valence-corrected chi connectivity index (χ3v) is 2.46. The third kappa shape index (κ3) is 3.25. The molecule has 0 aliphatic rings. The van der Waals surface area contributed by atoms with Crippen LogP contribution in [0, 0.1) is 0 Å². The van der Waals surface area contributed by atoms with E-state index in [-0.39, 0.29) is 6.03 Å². The van der Waals surface area contributed by atoms with Gasteiger partial charge in [-0.05, 0) is 36.4 Å². The first-order valence-corrected chi connectivity index (χ1v) is 5.69. The van der Waals surface area contributed by atoms with Gasteiger partial charge in [0.25, 0.3) is 0 Å². The predicted molar refractivity (Wildman–Crippen MR) is 75.1 cm³/mol. The number of hydrogen-bond donors (Lipinski definition) is 3. The monoisotopic (exact) mass is 241 g/mol. The summed E-state index contributed by atoms with van der Waals surface area (Å²) in [7, 11) is 1.85. The minimum atomic E-state index is -0.251. The molecule has 18 heavy (non-hydrogen) atoms. The predicted octanol–water partition coefficient (Wildman–Crippen LogP) is 3.37. The molecule has 0 unspecified atom stereocenters. The van der Waals surface area contributed by atoms with Crippen LogP contribution in [0.25, 0.3) is 0 Å². The molecule has 0 aliphatic carbocycles. The van der Waals surface area contributed by atoms with Gasteiger partial charge in [0.05, 0.1) is 0 Å². The van der Waals surface area contributed by atoms with Gasteiger partial charge in [0.15, 0.2) is 0 Å². The lowest BCUT2D eigenvalue weighted by atomic mass is 10.3. The smallest absolute Gasteiger partial charge is 0.323 e. The van der Waals surface area contributed by atoms with Crippen molar-refractivity contribution in [3.05, 3.63) is 54.6 Å². The van der Waals surface area contributed by atoms with E-state index in [1.807, 2.05) is 61.6 Å². The molecule has 92 valence electrons. The van der Waals surface area contributed by atoms with E-state index in [1.165, 1.54) is 0 Å². The van der Waals surface area contributed by atoms with Gasteiger partial charge in [-0.2, -0.15) is 0 Å². The third-order valence-electron chi connectivity index (χ3n) is 2.46. The van der Waals surface area contributed by atoms with E-state index >= 15 is 0 Å². The van der Waals surface area contributed by atoms with E-state index in [1.54, 1.807) is 0 Å². The number of anilines is 3. The Morgan fingerprint density at radius 3 is 1.83 bits per heavy atom. The Kier molecular flexibility index (Phi) is 3.81. The normalized spacial score (nSPS) is 9.61. The van der Waals surface area contributed by atoms with Gasteiger partial charge in [-0.1, -0.05) is 18.2 Å². The molecule has 2 aromatic carbocycles. The van der Waals surface area contributed by atoms with Crippen molar-refractivity contribution in [2.24, 2.45) is 0 Å². The van der Waals surface area contributed by atoms with Crippen molar-refractivity contribution >= 4 is 23.1 Å². The van der Waals surface area contributed by atoms with Crippen LogP contribution in [0.15, 0.2) is 54.6 Å². The molecular formula is C14H15N3O. The Hall–Kier alpha value is -2.49. The van der Waals surface area contributed by atoms with Gasteiger partial charge >= 0.3 is 6.03 Å². The number of benzene rings is 2. The lowest BCUT2D eigenvalue weighted by Gasteiger charge is -2.08. The summed E-state index contributed by atoms with van der Waals surface area (Å²) in [6.07, 6.45) is 0. The zero-order valence-corrected chi connectivity index (χ0v) is 10.1. The van der Waals surface area contributed by atoms with E-state index in [9.17, 15) is 4.79 Å². The highest BCUT2D eigenvalue weighted by Gasteiger charge is 2.01. The van der Waals surface area contributed by atoms with Crippen molar-refractivity contribution < 1.29 is 4.79 Å². The Labute approximate surface area is 106 Å². The summed E-state index contributed by atoms with van der Waals surface area (Å²) in [6, 6.07) is 16.6. The molecule has 2 rings (SSSR count). The van der Waals surface area contributed by atoms with Crippen molar-refractivity contribution in [1.29, 1.82) is 0 Å². The first kappa shape index (κ1) is 12.0. The molecule has 0 radical (unpaired) electrons. The highest BCUT2D eigenvalue weighted by atomic mass is 16.2. The first-order chi connectivity index (χ1) is 8.78. The SMILES string of the molecule is CNc1ccc(NC(=O)Nc2ccccc2)cc1. The van der Waals surface area contributed by atoms with Gasteiger partial charge in [0, 0.05) is 24.1 Å². The van der Waals surface area contributed by atoms with Crippen molar-refractivity contribution in [2.45, 2.75) is 0 Å². The molecule has 2 aromatic rings. The van der Waals surface area contributed by atoms with Gasteiger partial charge in [0.2, 0.25) is 0 Å². The van der Waals surface area contributed by atoms with E-state index in [0.717, 1.165) is 17.1 Å². The highest BCUT2D eigenvalue weighted by Crippen LogP contribution is 2.13. The van der Waals surface area contributed by atoms with Crippen LogP contribution in [0.1, 0.15) is 0 Å². The molecule has 0 aliphatic heterocycles. The zero-order valence-electron chi connectivity index (χ0n) is 10.1. The van der Waals surface area contributed by atoms with Crippen LogP contribution in [-0.4, -0.2) is 13.1 Å². The second kappa shape index (κ2) is 5.72. The summed E-state index contributed by atoms with van der Waals surface area (Å²) in [5.41, 5.74) is 2.52. The molecule has 0 spiro atoms. The summed E-state index contributed by atoms with van der Waals surface area (Å²) < 4.78 is 0. The fraction of sp³-hybridized carbons (Fsp3) is 0.0714. The molecular weight excluding hydrogens is 226 g/mol. The fourth-order valence-corrected chi connectivity index (χ4v) is 1.54. The zero-order chi connectivity index (χ0) is 12.8. The Balaban J connectivity index is 1.94. The maximum Gasteiger partial charge on any atom is 0.323 e. The second-order valence-corrected chi connectivity index (χ2v) is 3.77. The number of urea groups is 1. The largest absolute Gasteiger partial charge is 0.388 e. The highest BCUT2D eigenvalue weighted by molar-refractivity contribution is 5.99. The topological polar surface area (TPSA) is 53.2 Å². The molecule has 2 amide bonds. The van der Waals surface area contributed by atoms with E-state index < -0.39 is 0 Å². The molecule has 3 N–H and O–H groups in total. The fourth-order valence-electron chi connectivity index (χ4n) is 1.54. The van der Waals surface area contributed by atoms with Crippen LogP contribution in [0.3, 0.4) is 0 Å². The van der Waals surface area contributed by atoms with Crippen LogP contribution < -0.4 is 16.0 Å². The quantitative estimate of drug-likeness (QED) is 0.771. The number of amides is 2. The van der Waals surface area contributed by atoms with Crippen molar-refractivity contribution in [1.82, 2.24) is 0 Å². The van der Waals surface area contributed by atoms with Crippen LogP contribution in [0.2, 0.25) is 0 Å². The number of carbonyl (C=O) groups is 1. The van der Waals surface area contributed by atoms with E-state index in [0.29, 0.717) is 0 Å². The van der Waals surface area contributed by atoms with Gasteiger partial charge in [-0.25, -0.2) is 4.79 Å².